The molecule has 1 aromatic carbocycles. The highest BCUT2D eigenvalue weighted by atomic mass is 16.5. The minimum absolute atomic E-state index is 0.363. The van der Waals surface area contributed by atoms with Gasteiger partial charge in [-0.25, -0.2) is 0 Å². The average molecular weight is 289 g/mol. The van der Waals surface area contributed by atoms with Crippen LogP contribution < -0.4 is 9.64 Å². The van der Waals surface area contributed by atoms with Crippen molar-refractivity contribution in [1.29, 1.82) is 5.26 Å². The fourth-order valence-corrected chi connectivity index (χ4v) is 2.94. The van der Waals surface area contributed by atoms with Crippen molar-refractivity contribution in [2.45, 2.75) is 38.9 Å². The van der Waals surface area contributed by atoms with Crippen LogP contribution in [0.1, 0.15) is 32.3 Å². The van der Waals surface area contributed by atoms with Gasteiger partial charge >= 0.3 is 0 Å². The molecule has 2 rings (SSSR count). The summed E-state index contributed by atoms with van der Waals surface area (Å²) in [5.74, 6) is 0.695. The zero-order valence-electron chi connectivity index (χ0n) is 13.0. The van der Waals surface area contributed by atoms with Crippen LogP contribution in [0.4, 0.5) is 0 Å². The molecule has 3 atom stereocenters. The van der Waals surface area contributed by atoms with Gasteiger partial charge in [-0.2, -0.15) is 5.26 Å². The highest BCUT2D eigenvalue weighted by Crippen LogP contribution is 2.16. The van der Waals surface area contributed by atoms with E-state index in [1.165, 1.54) is 6.54 Å². The molecule has 0 bridgehead atoms. The van der Waals surface area contributed by atoms with Crippen LogP contribution in [0.2, 0.25) is 0 Å². The molecule has 1 aromatic rings. The van der Waals surface area contributed by atoms with Gasteiger partial charge < -0.3 is 14.4 Å². The summed E-state index contributed by atoms with van der Waals surface area (Å²) in [4.78, 5) is 1.62. The van der Waals surface area contributed by atoms with Crippen molar-refractivity contribution in [1.82, 2.24) is 0 Å². The zero-order chi connectivity index (χ0) is 15.1. The van der Waals surface area contributed by atoms with Crippen molar-refractivity contribution in [2.24, 2.45) is 0 Å². The Morgan fingerprint density at radius 3 is 2.67 bits per heavy atom. The Bertz CT molecular complexity index is 474. The number of morpholine rings is 1. The number of rotatable bonds is 6. The van der Waals surface area contributed by atoms with Gasteiger partial charge in [0.05, 0.1) is 18.7 Å². The van der Waals surface area contributed by atoms with Crippen molar-refractivity contribution >= 4 is 0 Å². The highest BCUT2D eigenvalue weighted by Gasteiger charge is 2.24. The van der Waals surface area contributed by atoms with E-state index >= 15 is 0 Å². The normalized spacial score (nSPS) is 25.3. The van der Waals surface area contributed by atoms with Crippen LogP contribution in [-0.4, -0.2) is 38.4 Å². The van der Waals surface area contributed by atoms with Crippen molar-refractivity contribution in [3.63, 3.8) is 0 Å². The quantitative estimate of drug-likeness (QED) is 0.806. The average Bonchev–Trinajstić information content (AvgIpc) is 2.46. The molecule has 0 spiro atoms. The summed E-state index contributed by atoms with van der Waals surface area (Å²) in [6.07, 6.45) is 2.89. The van der Waals surface area contributed by atoms with Gasteiger partial charge in [0.2, 0.25) is 0 Å². The van der Waals surface area contributed by atoms with Gasteiger partial charge in [-0.15, -0.1) is 0 Å². The van der Waals surface area contributed by atoms with E-state index in [0.29, 0.717) is 30.1 Å². The standard InChI is InChI=1S/C17H24N2O2/c1-14-12-19(13-15(2)21-14)9-5-6-10-20-17-8-4-3-7-16(17)11-18/h3-4,7-8,14-15H,5-6,9-10,12-13H2,1-2H3/p+1/t14-,15+. The highest BCUT2D eigenvalue weighted by molar-refractivity contribution is 5.42. The lowest BCUT2D eigenvalue weighted by Gasteiger charge is -2.32. The number of unbranched alkanes of at least 4 members (excludes halogenated alkanes) is 1. The van der Waals surface area contributed by atoms with E-state index in [0.717, 1.165) is 25.9 Å². The van der Waals surface area contributed by atoms with Crippen LogP contribution in [0.5, 0.6) is 5.75 Å². The first-order valence-corrected chi connectivity index (χ1v) is 7.80. The van der Waals surface area contributed by atoms with E-state index in [9.17, 15) is 0 Å². The Morgan fingerprint density at radius 2 is 1.95 bits per heavy atom. The maximum atomic E-state index is 9.00. The Hall–Kier alpha value is -1.57. The second-order valence-corrected chi connectivity index (χ2v) is 5.83. The molecular formula is C17H25N2O2+. The second-order valence-electron chi connectivity index (χ2n) is 5.83. The third-order valence-electron chi connectivity index (χ3n) is 3.81. The number of para-hydroxylation sites is 1. The number of nitrogens with one attached hydrogen (secondary N) is 1. The number of nitrogens with zero attached hydrogens (tertiary/aromatic N) is 1. The van der Waals surface area contributed by atoms with Gasteiger partial charge in [0.15, 0.2) is 0 Å². The SMILES string of the molecule is C[C@@H]1C[NH+](CCCCOc2ccccc2C#N)C[C@H](C)O1. The number of ether oxygens (including phenoxy) is 2. The van der Waals surface area contributed by atoms with Crippen molar-refractivity contribution in [2.75, 3.05) is 26.2 Å². The van der Waals surface area contributed by atoms with Gasteiger partial charge in [-0.05, 0) is 38.8 Å². The van der Waals surface area contributed by atoms with Gasteiger partial charge in [0.25, 0.3) is 0 Å². The monoisotopic (exact) mass is 289 g/mol. The molecule has 0 aliphatic carbocycles. The molecule has 1 aliphatic heterocycles. The Labute approximate surface area is 127 Å². The second kappa shape index (κ2) is 8.02. The van der Waals surface area contributed by atoms with Crippen LogP contribution in [0.15, 0.2) is 24.3 Å². The smallest absolute Gasteiger partial charge is 0.137 e. The van der Waals surface area contributed by atoms with E-state index in [1.54, 1.807) is 11.0 Å². The summed E-state index contributed by atoms with van der Waals surface area (Å²) in [5.41, 5.74) is 0.610. The molecule has 0 aromatic heterocycles. The topological polar surface area (TPSA) is 46.7 Å². The summed E-state index contributed by atoms with van der Waals surface area (Å²) >= 11 is 0. The third kappa shape index (κ3) is 5.04. The summed E-state index contributed by atoms with van der Waals surface area (Å²) in [6.45, 7) is 8.34. The fourth-order valence-electron chi connectivity index (χ4n) is 2.94. The van der Waals surface area contributed by atoms with Crippen LogP contribution in [0, 0.1) is 11.3 Å². The first-order chi connectivity index (χ1) is 10.2. The Kier molecular flexibility index (Phi) is 6.04. The molecule has 1 heterocycles. The molecule has 0 radical (unpaired) electrons. The molecule has 4 nitrogen and oxygen atoms in total. The molecule has 1 unspecified atom stereocenters. The predicted molar refractivity (Wildman–Crippen MR) is 81.5 cm³/mol. The largest absolute Gasteiger partial charge is 0.492 e. The van der Waals surface area contributed by atoms with Crippen molar-refractivity contribution < 1.29 is 14.4 Å². The minimum Gasteiger partial charge on any atom is -0.492 e. The molecular weight excluding hydrogens is 264 g/mol. The molecule has 114 valence electrons. The maximum absolute atomic E-state index is 9.00. The van der Waals surface area contributed by atoms with Gasteiger partial charge in [-0.3, -0.25) is 0 Å². The van der Waals surface area contributed by atoms with Gasteiger partial charge in [-0.1, -0.05) is 12.1 Å². The van der Waals surface area contributed by atoms with E-state index in [2.05, 4.69) is 19.9 Å². The molecule has 1 saturated heterocycles. The molecule has 1 N–H and O–H groups in total. The Balaban J connectivity index is 1.65. The van der Waals surface area contributed by atoms with Crippen LogP contribution in [-0.2, 0) is 4.74 Å². The zero-order valence-corrected chi connectivity index (χ0v) is 13.0. The number of hydrogen-bond donors (Lipinski definition) is 1. The van der Waals surface area contributed by atoms with Crippen molar-refractivity contribution in [3.8, 4) is 11.8 Å². The first kappa shape index (κ1) is 15.8. The number of quaternary nitrogens is 1. The van der Waals surface area contributed by atoms with Crippen molar-refractivity contribution in [3.05, 3.63) is 29.8 Å². The molecule has 1 fully saturated rings. The summed E-state index contributed by atoms with van der Waals surface area (Å²) in [6, 6.07) is 9.56. The summed E-state index contributed by atoms with van der Waals surface area (Å²) in [5, 5.41) is 9.00. The molecule has 0 amide bonds. The lowest BCUT2D eigenvalue weighted by molar-refractivity contribution is -0.915. The molecule has 21 heavy (non-hydrogen) atoms. The fraction of sp³-hybridized carbons (Fsp3) is 0.588. The van der Waals surface area contributed by atoms with Crippen LogP contribution in [0.3, 0.4) is 0 Å². The third-order valence-corrected chi connectivity index (χ3v) is 3.81. The van der Waals surface area contributed by atoms with E-state index in [1.807, 2.05) is 18.2 Å². The number of hydrogen-bond acceptors (Lipinski definition) is 3. The molecule has 0 saturated carbocycles. The predicted octanol–water partition coefficient (Wildman–Crippen LogP) is 1.41. The van der Waals surface area contributed by atoms with Crippen LogP contribution in [0.25, 0.3) is 0 Å². The molecule has 1 aliphatic rings. The lowest BCUT2D eigenvalue weighted by atomic mass is 10.2. The molecule has 4 heteroatoms. The van der Waals surface area contributed by atoms with E-state index < -0.39 is 0 Å². The summed E-state index contributed by atoms with van der Waals surface area (Å²) in [7, 11) is 0. The number of nitriles is 1. The number of benzene rings is 1. The first-order valence-electron chi connectivity index (χ1n) is 7.80. The summed E-state index contributed by atoms with van der Waals surface area (Å²) < 4.78 is 11.5. The maximum Gasteiger partial charge on any atom is 0.137 e. The van der Waals surface area contributed by atoms with E-state index in [4.69, 9.17) is 14.7 Å². The Morgan fingerprint density at radius 1 is 1.24 bits per heavy atom. The minimum atomic E-state index is 0.363. The van der Waals surface area contributed by atoms with E-state index in [-0.39, 0.29) is 0 Å². The van der Waals surface area contributed by atoms with Gasteiger partial charge in [0, 0.05) is 0 Å². The lowest BCUT2D eigenvalue weighted by Crippen LogP contribution is -3.15. The van der Waals surface area contributed by atoms with Gasteiger partial charge in [0.1, 0.15) is 37.1 Å². The van der Waals surface area contributed by atoms with Crippen LogP contribution >= 0.6 is 0 Å².